The van der Waals surface area contributed by atoms with Crippen molar-refractivity contribution in [3.63, 3.8) is 0 Å². The topological polar surface area (TPSA) is 59.7 Å². The minimum Gasteiger partial charge on any atom is -0.372 e. The Bertz CT molecular complexity index is 1220. The molecular weight excluding hydrogens is 340 g/mol. The first-order chi connectivity index (χ1) is 13.1. The minimum atomic E-state index is -0.142. The summed E-state index contributed by atoms with van der Waals surface area (Å²) in [6.07, 6.45) is 0.216. The van der Waals surface area contributed by atoms with Gasteiger partial charge in [-0.3, -0.25) is 4.79 Å². The number of ether oxygens (including phenoxy) is 1. The first kappa shape index (κ1) is 16.2. The number of rotatable bonds is 1. The zero-order valence-electron chi connectivity index (χ0n) is 15.3. The Balaban J connectivity index is 1.86. The van der Waals surface area contributed by atoms with Gasteiger partial charge in [-0.2, -0.15) is 4.52 Å². The average Bonchev–Trinajstić information content (AvgIpc) is 2.67. The number of hydrogen-bond donors (Lipinski definition) is 0. The van der Waals surface area contributed by atoms with Crippen LogP contribution in [-0.2, 0) is 4.74 Å². The summed E-state index contributed by atoms with van der Waals surface area (Å²) < 4.78 is 7.32. The monoisotopic (exact) mass is 360 g/mol. The number of nitrogens with zero attached hydrogens (tertiary/aromatic N) is 4. The van der Waals surface area contributed by atoms with E-state index in [9.17, 15) is 4.79 Å². The number of hydrogen-bond acceptors (Lipinski definition) is 5. The molecule has 1 aliphatic rings. The van der Waals surface area contributed by atoms with E-state index in [1.54, 1.807) is 6.07 Å². The Morgan fingerprint density at radius 3 is 2.30 bits per heavy atom. The standard InChI is InChI=1S/C21H20N4O2/c1-13-11-24(12-14(2)27-13)20-16-8-4-3-7-15(16)19-22-18-10-6-5-9-17(18)21(26)25(19)23-20/h3-10,13-14H,11-12H2,1-2H3/t13-,14-/m1/s1. The molecule has 2 atom stereocenters. The van der Waals surface area contributed by atoms with Crippen molar-refractivity contribution in [3.8, 4) is 0 Å². The number of para-hydroxylation sites is 1. The van der Waals surface area contributed by atoms with E-state index in [0.717, 1.165) is 29.7 Å². The predicted octanol–water partition coefficient (Wildman–Crippen LogP) is 3.01. The predicted molar refractivity (Wildman–Crippen MR) is 106 cm³/mol. The zero-order valence-corrected chi connectivity index (χ0v) is 15.3. The second-order valence-electron chi connectivity index (χ2n) is 7.20. The van der Waals surface area contributed by atoms with Crippen LogP contribution in [0.3, 0.4) is 0 Å². The molecule has 6 heteroatoms. The lowest BCUT2D eigenvalue weighted by Crippen LogP contribution is -2.46. The third-order valence-electron chi connectivity index (χ3n) is 5.08. The summed E-state index contributed by atoms with van der Waals surface area (Å²) in [7, 11) is 0. The Hall–Kier alpha value is -2.99. The molecule has 5 rings (SSSR count). The van der Waals surface area contributed by atoms with Crippen LogP contribution in [0.5, 0.6) is 0 Å². The Morgan fingerprint density at radius 1 is 0.926 bits per heavy atom. The van der Waals surface area contributed by atoms with Crippen molar-refractivity contribution in [2.24, 2.45) is 0 Å². The van der Waals surface area contributed by atoms with Gasteiger partial charge >= 0.3 is 0 Å². The Morgan fingerprint density at radius 2 is 1.56 bits per heavy atom. The van der Waals surface area contributed by atoms with Gasteiger partial charge in [-0.15, -0.1) is 5.10 Å². The molecule has 1 saturated heterocycles. The molecule has 6 nitrogen and oxygen atoms in total. The smallest absolute Gasteiger partial charge is 0.282 e. The van der Waals surface area contributed by atoms with E-state index in [1.165, 1.54) is 4.52 Å². The van der Waals surface area contributed by atoms with Crippen molar-refractivity contribution >= 4 is 33.1 Å². The molecule has 0 spiro atoms. The highest BCUT2D eigenvalue weighted by molar-refractivity contribution is 6.01. The van der Waals surface area contributed by atoms with Crippen molar-refractivity contribution < 1.29 is 4.74 Å². The zero-order chi connectivity index (χ0) is 18.5. The Labute approximate surface area is 156 Å². The summed E-state index contributed by atoms with van der Waals surface area (Å²) in [5.41, 5.74) is 1.14. The molecule has 1 aliphatic heterocycles. The molecule has 1 fully saturated rings. The van der Waals surface area contributed by atoms with Crippen molar-refractivity contribution in [2.45, 2.75) is 26.1 Å². The highest BCUT2D eigenvalue weighted by atomic mass is 16.5. The maximum atomic E-state index is 13.1. The highest BCUT2D eigenvalue weighted by Crippen LogP contribution is 2.29. The first-order valence-electron chi connectivity index (χ1n) is 9.23. The lowest BCUT2D eigenvalue weighted by molar-refractivity contribution is -0.00542. The van der Waals surface area contributed by atoms with Crippen LogP contribution in [0.2, 0.25) is 0 Å². The summed E-state index contributed by atoms with van der Waals surface area (Å²) >= 11 is 0. The van der Waals surface area contributed by atoms with Crippen LogP contribution in [0, 0.1) is 0 Å². The molecule has 0 amide bonds. The van der Waals surface area contributed by atoms with E-state index >= 15 is 0 Å². The van der Waals surface area contributed by atoms with Crippen molar-refractivity contribution in [3.05, 3.63) is 58.9 Å². The average molecular weight is 360 g/mol. The van der Waals surface area contributed by atoms with Gasteiger partial charge in [-0.1, -0.05) is 36.4 Å². The second kappa shape index (κ2) is 6.03. The van der Waals surface area contributed by atoms with E-state index in [-0.39, 0.29) is 17.8 Å². The molecule has 0 unspecified atom stereocenters. The molecule has 0 N–H and O–H groups in total. The van der Waals surface area contributed by atoms with E-state index in [4.69, 9.17) is 14.8 Å². The van der Waals surface area contributed by atoms with Crippen LogP contribution in [0.1, 0.15) is 13.8 Å². The van der Waals surface area contributed by atoms with Gasteiger partial charge < -0.3 is 9.64 Å². The van der Waals surface area contributed by atoms with Gasteiger partial charge in [0, 0.05) is 23.9 Å². The lowest BCUT2D eigenvalue weighted by atomic mass is 10.1. The van der Waals surface area contributed by atoms with E-state index < -0.39 is 0 Å². The summed E-state index contributed by atoms with van der Waals surface area (Å²) in [5, 5.41) is 7.26. The lowest BCUT2D eigenvalue weighted by Gasteiger charge is -2.36. The number of morpholine rings is 1. The molecule has 27 heavy (non-hydrogen) atoms. The summed E-state index contributed by atoms with van der Waals surface area (Å²) in [6, 6.07) is 15.4. The highest BCUT2D eigenvalue weighted by Gasteiger charge is 2.25. The van der Waals surface area contributed by atoms with Crippen molar-refractivity contribution in [1.82, 2.24) is 14.6 Å². The van der Waals surface area contributed by atoms with E-state index in [0.29, 0.717) is 16.6 Å². The number of fused-ring (bicyclic) bond motifs is 4. The summed E-state index contributed by atoms with van der Waals surface area (Å²) in [6.45, 7) is 5.60. The molecule has 2 aromatic carbocycles. The van der Waals surface area contributed by atoms with E-state index in [2.05, 4.69) is 18.7 Å². The number of anilines is 1. The van der Waals surface area contributed by atoms with Gasteiger partial charge in [0.1, 0.15) is 0 Å². The maximum absolute atomic E-state index is 13.1. The molecular formula is C21H20N4O2. The second-order valence-corrected chi connectivity index (χ2v) is 7.20. The van der Waals surface area contributed by atoms with Gasteiger partial charge in [-0.25, -0.2) is 4.98 Å². The minimum absolute atomic E-state index is 0.108. The molecule has 3 heterocycles. The maximum Gasteiger partial charge on any atom is 0.282 e. The van der Waals surface area contributed by atoms with Gasteiger partial charge in [-0.05, 0) is 26.0 Å². The summed E-state index contributed by atoms with van der Waals surface area (Å²) in [5.74, 6) is 0.805. The van der Waals surface area contributed by atoms with Gasteiger partial charge in [0.2, 0.25) is 0 Å². The first-order valence-corrected chi connectivity index (χ1v) is 9.23. The van der Waals surface area contributed by atoms with Crippen LogP contribution in [0.4, 0.5) is 5.82 Å². The molecule has 0 aliphatic carbocycles. The van der Waals surface area contributed by atoms with Crippen LogP contribution >= 0.6 is 0 Å². The van der Waals surface area contributed by atoms with Gasteiger partial charge in [0.15, 0.2) is 11.5 Å². The largest absolute Gasteiger partial charge is 0.372 e. The summed E-state index contributed by atoms with van der Waals surface area (Å²) in [4.78, 5) is 20.1. The third kappa shape index (κ3) is 2.56. The molecule has 0 bridgehead atoms. The number of aromatic nitrogens is 3. The van der Waals surface area contributed by atoms with Crippen LogP contribution in [0.15, 0.2) is 53.3 Å². The molecule has 2 aromatic heterocycles. The van der Waals surface area contributed by atoms with Crippen LogP contribution < -0.4 is 10.5 Å². The fourth-order valence-corrected chi connectivity index (χ4v) is 4.00. The van der Waals surface area contributed by atoms with Gasteiger partial charge in [0.25, 0.3) is 5.56 Å². The van der Waals surface area contributed by atoms with Gasteiger partial charge in [0.05, 0.1) is 23.1 Å². The quantitative estimate of drug-likeness (QED) is 0.386. The van der Waals surface area contributed by atoms with Crippen LogP contribution in [0.25, 0.3) is 27.3 Å². The third-order valence-corrected chi connectivity index (χ3v) is 5.08. The Kier molecular flexibility index (Phi) is 3.62. The SMILES string of the molecule is C[C@@H]1CN(c2nn3c(=O)c4ccccc4nc3c3ccccc23)C[C@@H](C)O1. The van der Waals surface area contributed by atoms with Crippen LogP contribution in [-0.4, -0.2) is 39.9 Å². The van der Waals surface area contributed by atoms with Crippen molar-refractivity contribution in [2.75, 3.05) is 18.0 Å². The fraction of sp³-hybridized carbons (Fsp3) is 0.286. The normalized spacial score (nSPS) is 20.6. The van der Waals surface area contributed by atoms with E-state index in [1.807, 2.05) is 42.5 Å². The number of benzene rings is 2. The molecule has 0 radical (unpaired) electrons. The molecule has 136 valence electrons. The molecule has 0 saturated carbocycles. The molecule has 4 aromatic rings. The fourth-order valence-electron chi connectivity index (χ4n) is 4.00. The van der Waals surface area contributed by atoms with Crippen molar-refractivity contribution in [1.29, 1.82) is 0 Å².